The summed E-state index contributed by atoms with van der Waals surface area (Å²) in [5.41, 5.74) is 0. The van der Waals surface area contributed by atoms with Gasteiger partial charge in [-0.05, 0) is 12.3 Å². The van der Waals surface area contributed by atoms with E-state index in [1.807, 2.05) is 11.8 Å². The van der Waals surface area contributed by atoms with Gasteiger partial charge in [0, 0.05) is 59.2 Å². The molecule has 1 aromatic heterocycles. The van der Waals surface area contributed by atoms with Crippen molar-refractivity contribution in [2.24, 2.45) is 5.92 Å². The smallest absolute Gasteiger partial charge is 0.230 e. The third-order valence-electron chi connectivity index (χ3n) is 5.02. The molecule has 3 heterocycles. The number of rotatable bonds is 3. The number of likely N-dealkylation sites (tertiary alicyclic amines) is 1. The lowest BCUT2D eigenvalue weighted by Crippen LogP contribution is -2.42. The molecule has 2 fully saturated rings. The Labute approximate surface area is 137 Å². The SMILES string of the molecule is CC(=O)N1CCCN([C@@H]2CN(Cc3nnc(C)o3)C[C@H]2C)CC1. The summed E-state index contributed by atoms with van der Waals surface area (Å²) in [7, 11) is 0. The highest BCUT2D eigenvalue weighted by Crippen LogP contribution is 2.24. The first-order chi connectivity index (χ1) is 11.0. The van der Waals surface area contributed by atoms with E-state index >= 15 is 0 Å². The molecule has 2 aliphatic heterocycles. The van der Waals surface area contributed by atoms with Crippen molar-refractivity contribution in [3.05, 3.63) is 11.8 Å². The monoisotopic (exact) mass is 321 g/mol. The Morgan fingerprint density at radius 1 is 1.22 bits per heavy atom. The maximum atomic E-state index is 11.6. The maximum absolute atomic E-state index is 11.6. The summed E-state index contributed by atoms with van der Waals surface area (Å²) in [5.74, 6) is 2.14. The molecule has 1 amide bonds. The van der Waals surface area contributed by atoms with E-state index < -0.39 is 0 Å². The second-order valence-corrected chi connectivity index (χ2v) is 6.85. The van der Waals surface area contributed by atoms with E-state index in [1.54, 1.807) is 6.92 Å². The number of aromatic nitrogens is 2. The minimum Gasteiger partial charge on any atom is -0.424 e. The minimum atomic E-state index is 0.194. The van der Waals surface area contributed by atoms with Gasteiger partial charge in [0.2, 0.25) is 17.7 Å². The normalized spacial score (nSPS) is 27.3. The van der Waals surface area contributed by atoms with Crippen LogP contribution < -0.4 is 0 Å². The molecule has 0 saturated carbocycles. The summed E-state index contributed by atoms with van der Waals surface area (Å²) in [6.45, 7) is 12.4. The van der Waals surface area contributed by atoms with Crippen molar-refractivity contribution >= 4 is 5.91 Å². The fourth-order valence-corrected chi connectivity index (χ4v) is 3.83. The number of hydrogen-bond acceptors (Lipinski definition) is 6. The number of carbonyl (C=O) groups excluding carboxylic acids is 1. The molecule has 0 aliphatic carbocycles. The molecule has 2 saturated heterocycles. The van der Waals surface area contributed by atoms with Crippen molar-refractivity contribution in [1.82, 2.24) is 24.9 Å². The van der Waals surface area contributed by atoms with E-state index in [-0.39, 0.29) is 5.91 Å². The van der Waals surface area contributed by atoms with Gasteiger partial charge in [0.25, 0.3) is 0 Å². The molecule has 0 N–H and O–H groups in total. The molecular weight excluding hydrogens is 294 g/mol. The largest absolute Gasteiger partial charge is 0.424 e. The minimum absolute atomic E-state index is 0.194. The second kappa shape index (κ2) is 6.97. The summed E-state index contributed by atoms with van der Waals surface area (Å²) in [5, 5.41) is 8.00. The predicted octanol–water partition coefficient (Wildman–Crippen LogP) is 0.753. The molecule has 3 rings (SSSR count). The third kappa shape index (κ3) is 3.90. The summed E-state index contributed by atoms with van der Waals surface area (Å²) in [6, 6.07) is 0.547. The third-order valence-corrected chi connectivity index (χ3v) is 5.02. The van der Waals surface area contributed by atoms with Gasteiger partial charge < -0.3 is 9.32 Å². The fourth-order valence-electron chi connectivity index (χ4n) is 3.83. The molecule has 0 aromatic carbocycles. The first-order valence-corrected chi connectivity index (χ1v) is 8.54. The molecule has 23 heavy (non-hydrogen) atoms. The zero-order chi connectivity index (χ0) is 16.4. The summed E-state index contributed by atoms with van der Waals surface area (Å²) in [6.07, 6.45) is 1.06. The number of nitrogens with zero attached hydrogens (tertiary/aromatic N) is 5. The quantitative estimate of drug-likeness (QED) is 0.819. The maximum Gasteiger partial charge on any atom is 0.230 e. The van der Waals surface area contributed by atoms with E-state index in [9.17, 15) is 4.79 Å². The number of carbonyl (C=O) groups is 1. The Morgan fingerprint density at radius 2 is 2.04 bits per heavy atom. The Morgan fingerprint density at radius 3 is 2.74 bits per heavy atom. The highest BCUT2D eigenvalue weighted by atomic mass is 16.4. The van der Waals surface area contributed by atoms with Crippen molar-refractivity contribution in [1.29, 1.82) is 0 Å². The van der Waals surface area contributed by atoms with Gasteiger partial charge in [-0.15, -0.1) is 10.2 Å². The lowest BCUT2D eigenvalue weighted by molar-refractivity contribution is -0.128. The van der Waals surface area contributed by atoms with E-state index in [1.165, 1.54) is 0 Å². The van der Waals surface area contributed by atoms with Crippen LogP contribution in [0.3, 0.4) is 0 Å². The molecule has 0 bridgehead atoms. The molecule has 0 spiro atoms. The average Bonchev–Trinajstić information content (AvgIpc) is 2.96. The highest BCUT2D eigenvalue weighted by molar-refractivity contribution is 5.73. The van der Waals surface area contributed by atoms with Gasteiger partial charge in [-0.1, -0.05) is 6.92 Å². The van der Waals surface area contributed by atoms with Crippen LogP contribution in [-0.2, 0) is 11.3 Å². The summed E-state index contributed by atoms with van der Waals surface area (Å²) < 4.78 is 5.50. The molecule has 7 heteroatoms. The Kier molecular flexibility index (Phi) is 4.96. The van der Waals surface area contributed by atoms with E-state index in [0.717, 1.165) is 52.2 Å². The molecule has 2 aliphatic rings. The Hall–Kier alpha value is -1.47. The zero-order valence-electron chi connectivity index (χ0n) is 14.4. The number of amides is 1. The van der Waals surface area contributed by atoms with Crippen LogP contribution in [0, 0.1) is 12.8 Å². The molecule has 1 aromatic rings. The van der Waals surface area contributed by atoms with Crippen LogP contribution in [0.25, 0.3) is 0 Å². The van der Waals surface area contributed by atoms with Gasteiger partial charge >= 0.3 is 0 Å². The first-order valence-electron chi connectivity index (χ1n) is 8.54. The lowest BCUT2D eigenvalue weighted by atomic mass is 10.0. The van der Waals surface area contributed by atoms with Crippen LogP contribution >= 0.6 is 0 Å². The van der Waals surface area contributed by atoms with E-state index in [2.05, 4.69) is 26.9 Å². The molecule has 7 nitrogen and oxygen atoms in total. The molecular formula is C16H27N5O2. The second-order valence-electron chi connectivity index (χ2n) is 6.85. The Balaban J connectivity index is 1.57. The van der Waals surface area contributed by atoms with Crippen LogP contribution in [0.1, 0.15) is 32.0 Å². The van der Waals surface area contributed by atoms with Gasteiger partial charge in [0.1, 0.15) is 0 Å². The molecule has 0 radical (unpaired) electrons. The predicted molar refractivity (Wildman–Crippen MR) is 85.7 cm³/mol. The topological polar surface area (TPSA) is 65.7 Å². The zero-order valence-corrected chi connectivity index (χ0v) is 14.4. The van der Waals surface area contributed by atoms with Crippen molar-refractivity contribution in [2.45, 2.75) is 39.8 Å². The summed E-state index contributed by atoms with van der Waals surface area (Å²) >= 11 is 0. The first kappa shape index (κ1) is 16.4. The fraction of sp³-hybridized carbons (Fsp3) is 0.812. The van der Waals surface area contributed by atoms with Gasteiger partial charge in [0.05, 0.1) is 6.54 Å². The molecule has 128 valence electrons. The Bertz CT molecular complexity index is 546. The van der Waals surface area contributed by atoms with Crippen LogP contribution in [0.5, 0.6) is 0 Å². The lowest BCUT2D eigenvalue weighted by Gasteiger charge is -2.30. The van der Waals surface area contributed by atoms with Crippen LogP contribution in [0.4, 0.5) is 0 Å². The van der Waals surface area contributed by atoms with Crippen molar-refractivity contribution in [2.75, 3.05) is 39.3 Å². The van der Waals surface area contributed by atoms with Gasteiger partial charge in [-0.3, -0.25) is 14.6 Å². The average molecular weight is 321 g/mol. The number of aryl methyl sites for hydroxylation is 1. The van der Waals surface area contributed by atoms with Crippen LogP contribution in [0.15, 0.2) is 4.42 Å². The van der Waals surface area contributed by atoms with Gasteiger partial charge in [-0.2, -0.15) is 0 Å². The molecule has 2 atom stereocenters. The van der Waals surface area contributed by atoms with Crippen LogP contribution in [0.2, 0.25) is 0 Å². The highest BCUT2D eigenvalue weighted by Gasteiger charge is 2.35. The van der Waals surface area contributed by atoms with Gasteiger partial charge in [-0.25, -0.2) is 0 Å². The van der Waals surface area contributed by atoms with Crippen LogP contribution in [-0.4, -0.2) is 76.1 Å². The van der Waals surface area contributed by atoms with Crippen molar-refractivity contribution < 1.29 is 9.21 Å². The van der Waals surface area contributed by atoms with Gasteiger partial charge in [0.15, 0.2) is 0 Å². The summed E-state index contributed by atoms with van der Waals surface area (Å²) in [4.78, 5) is 18.5. The van der Waals surface area contributed by atoms with E-state index in [0.29, 0.717) is 23.7 Å². The van der Waals surface area contributed by atoms with E-state index in [4.69, 9.17) is 4.42 Å². The number of hydrogen-bond donors (Lipinski definition) is 0. The standard InChI is InChI=1S/C16H27N5O2/c1-12-9-19(11-16-18-17-13(2)23-16)10-15(12)21-6-4-5-20(7-8-21)14(3)22/h12,15H,4-11H2,1-3H3/t12-,15-/m1/s1. The molecule has 0 unspecified atom stereocenters. The van der Waals surface area contributed by atoms with Crippen molar-refractivity contribution in [3.63, 3.8) is 0 Å². The van der Waals surface area contributed by atoms with Crippen molar-refractivity contribution in [3.8, 4) is 0 Å².